The van der Waals surface area contributed by atoms with Crippen LogP contribution in [0.25, 0.3) is 0 Å². The zero-order valence-electron chi connectivity index (χ0n) is 7.67. The third kappa shape index (κ3) is 6.49. The average Bonchev–Trinajstić information content (AvgIpc) is 1.87. The standard InChI is InChI=1S/C7H19NO2Si/c1-4-6-11(9-5-2)10-7(3)8/h7,11H,4-6,8H2,1-3H3. The van der Waals surface area contributed by atoms with E-state index in [-0.39, 0.29) is 6.23 Å². The number of nitrogens with two attached hydrogens (primary N) is 1. The number of rotatable bonds is 6. The van der Waals surface area contributed by atoms with Crippen LogP contribution in [0.5, 0.6) is 0 Å². The fraction of sp³-hybridized carbons (Fsp3) is 1.00. The highest BCUT2D eigenvalue weighted by atomic mass is 28.3. The second-order valence-corrected chi connectivity index (χ2v) is 4.56. The van der Waals surface area contributed by atoms with Crippen LogP contribution >= 0.6 is 0 Å². The van der Waals surface area contributed by atoms with Crippen molar-refractivity contribution in [2.24, 2.45) is 5.73 Å². The summed E-state index contributed by atoms with van der Waals surface area (Å²) >= 11 is 0. The van der Waals surface area contributed by atoms with Gasteiger partial charge in [0.2, 0.25) is 0 Å². The van der Waals surface area contributed by atoms with E-state index in [0.29, 0.717) is 0 Å². The van der Waals surface area contributed by atoms with Gasteiger partial charge in [0.25, 0.3) is 0 Å². The van der Waals surface area contributed by atoms with Crippen LogP contribution in [-0.2, 0) is 8.85 Å². The molecule has 2 atom stereocenters. The number of hydrogen-bond donors (Lipinski definition) is 1. The van der Waals surface area contributed by atoms with Gasteiger partial charge in [0, 0.05) is 6.61 Å². The molecule has 0 rings (SSSR count). The lowest BCUT2D eigenvalue weighted by Crippen LogP contribution is -2.32. The topological polar surface area (TPSA) is 44.5 Å². The van der Waals surface area contributed by atoms with Crippen molar-refractivity contribution in [2.75, 3.05) is 6.61 Å². The summed E-state index contributed by atoms with van der Waals surface area (Å²) in [7, 11) is -1.42. The van der Waals surface area contributed by atoms with Gasteiger partial charge >= 0.3 is 9.28 Å². The van der Waals surface area contributed by atoms with Crippen molar-refractivity contribution in [3.05, 3.63) is 0 Å². The molecule has 68 valence electrons. The summed E-state index contributed by atoms with van der Waals surface area (Å²) in [5, 5.41) is 0. The van der Waals surface area contributed by atoms with E-state index in [4.69, 9.17) is 14.6 Å². The number of hydrogen-bond acceptors (Lipinski definition) is 3. The van der Waals surface area contributed by atoms with Crippen molar-refractivity contribution >= 4 is 9.28 Å². The smallest absolute Gasteiger partial charge is 0.322 e. The first kappa shape index (κ1) is 11.1. The molecule has 0 aromatic carbocycles. The minimum absolute atomic E-state index is 0.176. The molecule has 0 aromatic heterocycles. The second-order valence-electron chi connectivity index (χ2n) is 2.51. The molecule has 2 N–H and O–H groups in total. The van der Waals surface area contributed by atoms with Crippen molar-refractivity contribution in [1.82, 2.24) is 0 Å². The molecule has 0 aliphatic rings. The Bertz CT molecular complexity index is 84.5. The van der Waals surface area contributed by atoms with Crippen LogP contribution in [0.15, 0.2) is 0 Å². The first-order valence-corrected chi connectivity index (χ1v) is 5.99. The van der Waals surface area contributed by atoms with Crippen molar-refractivity contribution in [3.8, 4) is 0 Å². The molecule has 0 aliphatic heterocycles. The lowest BCUT2D eigenvalue weighted by molar-refractivity contribution is 0.155. The molecular formula is C7H19NO2Si. The first-order chi connectivity index (χ1) is 5.20. The lowest BCUT2D eigenvalue weighted by atomic mass is 10.6. The monoisotopic (exact) mass is 177 g/mol. The molecule has 0 heterocycles. The molecule has 0 radical (unpaired) electrons. The van der Waals surface area contributed by atoms with E-state index >= 15 is 0 Å². The average molecular weight is 177 g/mol. The predicted molar refractivity (Wildman–Crippen MR) is 48.6 cm³/mol. The second kappa shape index (κ2) is 6.79. The van der Waals surface area contributed by atoms with Gasteiger partial charge < -0.3 is 14.6 Å². The van der Waals surface area contributed by atoms with Crippen LogP contribution in [0.3, 0.4) is 0 Å². The Morgan fingerprint density at radius 3 is 2.45 bits per heavy atom. The fourth-order valence-electron chi connectivity index (χ4n) is 0.852. The normalized spacial score (nSPS) is 16.4. The van der Waals surface area contributed by atoms with Crippen molar-refractivity contribution in [3.63, 3.8) is 0 Å². The van der Waals surface area contributed by atoms with Crippen LogP contribution in [0.2, 0.25) is 6.04 Å². The van der Waals surface area contributed by atoms with Gasteiger partial charge in [0.1, 0.15) is 0 Å². The minimum atomic E-state index is -1.42. The minimum Gasteiger partial charge on any atom is -0.397 e. The van der Waals surface area contributed by atoms with Gasteiger partial charge in [0.15, 0.2) is 0 Å². The van der Waals surface area contributed by atoms with Crippen LogP contribution in [0.1, 0.15) is 27.2 Å². The zero-order chi connectivity index (χ0) is 8.69. The highest BCUT2D eigenvalue weighted by molar-refractivity contribution is 6.44. The highest BCUT2D eigenvalue weighted by Crippen LogP contribution is 2.01. The van der Waals surface area contributed by atoms with E-state index in [1.807, 2.05) is 13.8 Å². The van der Waals surface area contributed by atoms with Crippen LogP contribution in [0, 0.1) is 0 Å². The molecule has 0 fully saturated rings. The Balaban J connectivity index is 3.50. The molecule has 0 bridgehead atoms. The molecule has 0 saturated carbocycles. The summed E-state index contributed by atoms with van der Waals surface area (Å²) in [6.45, 7) is 6.70. The van der Waals surface area contributed by atoms with Gasteiger partial charge in [-0.1, -0.05) is 13.3 Å². The lowest BCUT2D eigenvalue weighted by Gasteiger charge is -2.17. The van der Waals surface area contributed by atoms with Crippen LogP contribution in [-0.4, -0.2) is 22.1 Å². The van der Waals surface area contributed by atoms with Crippen LogP contribution in [0.4, 0.5) is 0 Å². The van der Waals surface area contributed by atoms with Gasteiger partial charge in [-0.2, -0.15) is 0 Å². The Hall–Kier alpha value is 0.0969. The summed E-state index contributed by atoms with van der Waals surface area (Å²) in [5.74, 6) is 0. The third-order valence-electron chi connectivity index (χ3n) is 1.24. The Morgan fingerprint density at radius 2 is 2.09 bits per heavy atom. The van der Waals surface area contributed by atoms with E-state index in [0.717, 1.165) is 19.1 Å². The summed E-state index contributed by atoms with van der Waals surface area (Å²) < 4.78 is 10.9. The van der Waals surface area contributed by atoms with Crippen molar-refractivity contribution in [2.45, 2.75) is 39.5 Å². The summed E-state index contributed by atoms with van der Waals surface area (Å²) in [6, 6.07) is 1.05. The molecule has 0 amide bonds. The maximum absolute atomic E-state index is 5.49. The van der Waals surface area contributed by atoms with Crippen molar-refractivity contribution in [1.29, 1.82) is 0 Å². The molecule has 0 saturated heterocycles. The summed E-state index contributed by atoms with van der Waals surface area (Å²) in [5.41, 5.74) is 5.49. The Kier molecular flexibility index (Phi) is 6.85. The van der Waals surface area contributed by atoms with E-state index in [2.05, 4.69) is 6.92 Å². The quantitative estimate of drug-likeness (QED) is 0.486. The maximum Gasteiger partial charge on any atom is 0.322 e. The highest BCUT2D eigenvalue weighted by Gasteiger charge is 2.12. The largest absolute Gasteiger partial charge is 0.397 e. The SMILES string of the molecule is CCC[SiH](OCC)OC(C)N. The Labute approximate surface area is 70.7 Å². The molecule has 2 unspecified atom stereocenters. The molecule has 0 aromatic rings. The van der Waals surface area contributed by atoms with Gasteiger partial charge in [-0.25, -0.2) is 0 Å². The summed E-state index contributed by atoms with van der Waals surface area (Å²) in [4.78, 5) is 0. The third-order valence-corrected chi connectivity index (χ3v) is 3.73. The van der Waals surface area contributed by atoms with Gasteiger partial charge in [-0.15, -0.1) is 0 Å². The van der Waals surface area contributed by atoms with E-state index < -0.39 is 9.28 Å². The molecule has 3 nitrogen and oxygen atoms in total. The van der Waals surface area contributed by atoms with Gasteiger partial charge in [0.05, 0.1) is 6.23 Å². The molecule has 11 heavy (non-hydrogen) atoms. The first-order valence-electron chi connectivity index (χ1n) is 4.23. The van der Waals surface area contributed by atoms with Crippen molar-refractivity contribution < 1.29 is 8.85 Å². The predicted octanol–water partition coefficient (Wildman–Crippen LogP) is 0.975. The zero-order valence-corrected chi connectivity index (χ0v) is 8.82. The van der Waals surface area contributed by atoms with E-state index in [1.165, 1.54) is 0 Å². The van der Waals surface area contributed by atoms with E-state index in [9.17, 15) is 0 Å². The van der Waals surface area contributed by atoms with Gasteiger partial charge in [-0.05, 0) is 19.9 Å². The summed E-state index contributed by atoms with van der Waals surface area (Å²) in [6.07, 6.45) is 0.939. The van der Waals surface area contributed by atoms with Crippen LogP contribution < -0.4 is 5.73 Å². The molecule has 4 heteroatoms. The Morgan fingerprint density at radius 1 is 1.45 bits per heavy atom. The van der Waals surface area contributed by atoms with Gasteiger partial charge in [-0.3, -0.25) is 0 Å². The molecule has 0 aliphatic carbocycles. The van der Waals surface area contributed by atoms with E-state index in [1.54, 1.807) is 0 Å². The maximum atomic E-state index is 5.49. The molecule has 0 spiro atoms. The fourth-order valence-corrected chi connectivity index (χ4v) is 2.55. The molecular weight excluding hydrogens is 158 g/mol.